The molecule has 0 atom stereocenters. The van der Waals surface area contributed by atoms with Crippen molar-refractivity contribution in [2.24, 2.45) is 0 Å². The van der Waals surface area contributed by atoms with Gasteiger partial charge in [0.2, 0.25) is 0 Å². The van der Waals surface area contributed by atoms with Gasteiger partial charge in [-0.15, -0.1) is 0 Å². The van der Waals surface area contributed by atoms with E-state index < -0.39 is 0 Å². The van der Waals surface area contributed by atoms with Gasteiger partial charge in [0.15, 0.2) is 17.3 Å². The molecule has 0 amide bonds. The van der Waals surface area contributed by atoms with Gasteiger partial charge in [0.05, 0.1) is 5.57 Å². The SMILES string of the molecule is CC(=O)C(=Cc1cc(-c2ccccc2)on1)C(C)=O. The summed E-state index contributed by atoms with van der Waals surface area (Å²) < 4.78 is 5.19. The normalized spacial score (nSPS) is 10.0. The number of carbonyl (C=O) groups is 2. The predicted octanol–water partition coefficient (Wildman–Crippen LogP) is 2.90. The third-order valence-electron chi connectivity index (χ3n) is 2.64. The van der Waals surface area contributed by atoms with E-state index in [2.05, 4.69) is 5.16 Å². The fraction of sp³-hybridized carbons (Fsp3) is 0.133. The van der Waals surface area contributed by atoms with Gasteiger partial charge < -0.3 is 4.52 Å². The first-order valence-electron chi connectivity index (χ1n) is 5.83. The van der Waals surface area contributed by atoms with E-state index in [1.807, 2.05) is 30.3 Å². The zero-order valence-electron chi connectivity index (χ0n) is 10.7. The van der Waals surface area contributed by atoms with E-state index in [1.54, 1.807) is 6.07 Å². The van der Waals surface area contributed by atoms with E-state index in [0.29, 0.717) is 11.5 Å². The van der Waals surface area contributed by atoms with Crippen molar-refractivity contribution >= 4 is 17.6 Å². The fourth-order valence-electron chi connectivity index (χ4n) is 1.69. The Kier molecular flexibility index (Phi) is 3.71. The molecule has 0 N–H and O–H groups in total. The van der Waals surface area contributed by atoms with Crippen molar-refractivity contribution in [2.45, 2.75) is 13.8 Å². The van der Waals surface area contributed by atoms with Gasteiger partial charge in [-0.25, -0.2) is 0 Å². The van der Waals surface area contributed by atoms with Gasteiger partial charge in [-0.3, -0.25) is 9.59 Å². The monoisotopic (exact) mass is 255 g/mol. The highest BCUT2D eigenvalue weighted by Gasteiger charge is 2.11. The maximum absolute atomic E-state index is 11.3. The maximum Gasteiger partial charge on any atom is 0.167 e. The molecule has 96 valence electrons. The lowest BCUT2D eigenvalue weighted by molar-refractivity contribution is -0.119. The van der Waals surface area contributed by atoms with Gasteiger partial charge in [0, 0.05) is 11.6 Å². The van der Waals surface area contributed by atoms with Crippen LogP contribution >= 0.6 is 0 Å². The molecule has 0 saturated carbocycles. The van der Waals surface area contributed by atoms with Crippen LogP contribution in [0.3, 0.4) is 0 Å². The van der Waals surface area contributed by atoms with Crippen LogP contribution in [0.4, 0.5) is 0 Å². The molecular weight excluding hydrogens is 242 g/mol. The minimum atomic E-state index is -0.281. The van der Waals surface area contributed by atoms with E-state index in [9.17, 15) is 9.59 Å². The summed E-state index contributed by atoms with van der Waals surface area (Å²) in [4.78, 5) is 22.6. The molecule has 0 fully saturated rings. The van der Waals surface area contributed by atoms with E-state index >= 15 is 0 Å². The second-order valence-corrected chi connectivity index (χ2v) is 4.15. The van der Waals surface area contributed by atoms with Crippen LogP contribution < -0.4 is 0 Å². The summed E-state index contributed by atoms with van der Waals surface area (Å²) >= 11 is 0. The summed E-state index contributed by atoms with van der Waals surface area (Å²) in [6.45, 7) is 2.71. The van der Waals surface area contributed by atoms with Crippen molar-refractivity contribution in [3.63, 3.8) is 0 Å². The number of Topliss-reactive ketones (excluding diaryl/α,β-unsaturated/α-hetero) is 2. The van der Waals surface area contributed by atoms with Gasteiger partial charge in [0.1, 0.15) is 5.69 Å². The first-order chi connectivity index (χ1) is 9.08. The lowest BCUT2D eigenvalue weighted by atomic mass is 10.1. The van der Waals surface area contributed by atoms with Crippen LogP contribution in [0.15, 0.2) is 46.5 Å². The molecule has 1 aromatic carbocycles. The number of benzene rings is 1. The Morgan fingerprint density at radius 2 is 1.74 bits per heavy atom. The molecule has 19 heavy (non-hydrogen) atoms. The Morgan fingerprint density at radius 1 is 1.11 bits per heavy atom. The first kappa shape index (κ1) is 13.0. The fourth-order valence-corrected chi connectivity index (χ4v) is 1.69. The van der Waals surface area contributed by atoms with Crippen molar-refractivity contribution in [1.82, 2.24) is 5.16 Å². The highest BCUT2D eigenvalue weighted by Crippen LogP contribution is 2.21. The minimum absolute atomic E-state index is 0.118. The van der Waals surface area contributed by atoms with Crippen LogP contribution in [0.2, 0.25) is 0 Å². The Morgan fingerprint density at radius 3 is 2.32 bits per heavy atom. The molecule has 0 radical (unpaired) electrons. The molecule has 0 aliphatic carbocycles. The van der Waals surface area contributed by atoms with Crippen molar-refractivity contribution in [1.29, 1.82) is 0 Å². The van der Waals surface area contributed by atoms with Gasteiger partial charge in [0.25, 0.3) is 0 Å². The number of nitrogens with zero attached hydrogens (tertiary/aromatic N) is 1. The zero-order chi connectivity index (χ0) is 13.8. The van der Waals surface area contributed by atoms with Gasteiger partial charge in [-0.1, -0.05) is 35.5 Å². The largest absolute Gasteiger partial charge is 0.356 e. The number of allylic oxidation sites excluding steroid dienone is 1. The van der Waals surface area contributed by atoms with E-state index in [4.69, 9.17) is 4.52 Å². The standard InChI is InChI=1S/C15H13NO3/c1-10(17)14(11(2)18)8-13-9-15(19-16-13)12-6-4-3-5-7-12/h3-9H,1-2H3. The molecule has 0 bridgehead atoms. The van der Waals surface area contributed by atoms with Crippen molar-refractivity contribution in [2.75, 3.05) is 0 Å². The van der Waals surface area contributed by atoms with E-state index in [1.165, 1.54) is 19.9 Å². The third-order valence-corrected chi connectivity index (χ3v) is 2.64. The Bertz CT molecular complexity index is 622. The van der Waals surface area contributed by atoms with E-state index in [-0.39, 0.29) is 17.1 Å². The van der Waals surface area contributed by atoms with Crippen molar-refractivity contribution < 1.29 is 14.1 Å². The van der Waals surface area contributed by atoms with Crippen molar-refractivity contribution in [3.05, 3.63) is 47.7 Å². The molecule has 0 unspecified atom stereocenters. The Labute approximate surface area is 110 Å². The maximum atomic E-state index is 11.3. The van der Waals surface area contributed by atoms with Crippen LogP contribution in [0, 0.1) is 0 Å². The van der Waals surface area contributed by atoms with Gasteiger partial charge >= 0.3 is 0 Å². The zero-order valence-corrected chi connectivity index (χ0v) is 10.7. The number of aromatic nitrogens is 1. The molecule has 0 saturated heterocycles. The topological polar surface area (TPSA) is 60.2 Å². The molecule has 2 rings (SSSR count). The van der Waals surface area contributed by atoms with E-state index in [0.717, 1.165) is 5.56 Å². The van der Waals surface area contributed by atoms with Gasteiger partial charge in [-0.05, 0) is 19.9 Å². The average Bonchev–Trinajstić information content (AvgIpc) is 2.85. The number of carbonyl (C=O) groups excluding carboxylic acids is 2. The molecule has 1 heterocycles. The first-order valence-corrected chi connectivity index (χ1v) is 5.83. The number of ketones is 2. The molecule has 0 aliphatic heterocycles. The molecule has 1 aromatic heterocycles. The third kappa shape index (κ3) is 3.04. The smallest absolute Gasteiger partial charge is 0.167 e. The second-order valence-electron chi connectivity index (χ2n) is 4.15. The highest BCUT2D eigenvalue weighted by molar-refractivity contribution is 6.21. The predicted molar refractivity (Wildman–Crippen MR) is 71.3 cm³/mol. The molecule has 4 heteroatoms. The highest BCUT2D eigenvalue weighted by atomic mass is 16.5. The lowest BCUT2D eigenvalue weighted by Gasteiger charge is -1.94. The second kappa shape index (κ2) is 5.44. The van der Waals surface area contributed by atoms with Crippen LogP contribution in [-0.2, 0) is 9.59 Å². The quantitative estimate of drug-likeness (QED) is 0.479. The number of rotatable bonds is 4. The summed E-state index contributed by atoms with van der Waals surface area (Å²) in [7, 11) is 0. The molecule has 2 aromatic rings. The summed E-state index contributed by atoms with van der Waals surface area (Å²) in [6.07, 6.45) is 1.45. The van der Waals surface area contributed by atoms with Crippen LogP contribution in [0.25, 0.3) is 17.4 Å². The van der Waals surface area contributed by atoms with Crippen molar-refractivity contribution in [3.8, 4) is 11.3 Å². The summed E-state index contributed by atoms with van der Waals surface area (Å²) in [6, 6.07) is 11.2. The molecule has 0 aliphatic rings. The van der Waals surface area contributed by atoms with Crippen LogP contribution in [-0.4, -0.2) is 16.7 Å². The number of hydrogen-bond donors (Lipinski definition) is 0. The van der Waals surface area contributed by atoms with Crippen LogP contribution in [0.5, 0.6) is 0 Å². The van der Waals surface area contributed by atoms with Gasteiger partial charge in [-0.2, -0.15) is 0 Å². The summed E-state index contributed by atoms with van der Waals surface area (Å²) in [5.41, 5.74) is 1.47. The summed E-state index contributed by atoms with van der Waals surface area (Å²) in [5.74, 6) is 0.0341. The lowest BCUT2D eigenvalue weighted by Crippen LogP contribution is -2.05. The molecular formula is C15H13NO3. The minimum Gasteiger partial charge on any atom is -0.356 e. The molecule has 4 nitrogen and oxygen atoms in total. The number of hydrogen-bond acceptors (Lipinski definition) is 4. The summed E-state index contributed by atoms with van der Waals surface area (Å²) in [5, 5.41) is 3.84. The average molecular weight is 255 g/mol. The molecule has 0 spiro atoms. The Balaban J connectivity index is 2.34. The van der Waals surface area contributed by atoms with Crippen LogP contribution in [0.1, 0.15) is 19.5 Å². The Hall–Kier alpha value is -2.49.